The molecule has 1 aliphatic rings. The number of carbonyl (C=O) groups excluding carboxylic acids is 2. The molecule has 0 radical (unpaired) electrons. The zero-order chi connectivity index (χ0) is 34.6. The Morgan fingerprint density at radius 2 is 0.646 bits per heavy atom. The SMILES string of the molecule is O=C(O)COCCOCCOCCOCCOCCOCCOCCOCCOCCOCCOCCOCCCN1C(=O)C=CC1=O. The van der Waals surface area contributed by atoms with E-state index in [1.54, 1.807) is 0 Å². The van der Waals surface area contributed by atoms with E-state index < -0.39 is 5.97 Å². The number of imide groups is 1. The summed E-state index contributed by atoms with van der Waals surface area (Å²) in [5.41, 5.74) is 0. The van der Waals surface area contributed by atoms with Gasteiger partial charge in [-0.3, -0.25) is 14.5 Å². The van der Waals surface area contributed by atoms with Gasteiger partial charge in [0.05, 0.1) is 145 Å². The molecule has 1 rings (SSSR count). The van der Waals surface area contributed by atoms with Gasteiger partial charge >= 0.3 is 5.97 Å². The van der Waals surface area contributed by atoms with Crippen molar-refractivity contribution in [2.45, 2.75) is 6.42 Å². The molecule has 1 heterocycles. The fourth-order valence-corrected chi connectivity index (χ4v) is 3.55. The molecule has 0 aliphatic carbocycles. The van der Waals surface area contributed by atoms with Gasteiger partial charge in [-0.25, -0.2) is 4.79 Å². The van der Waals surface area contributed by atoms with Gasteiger partial charge in [0, 0.05) is 25.3 Å². The van der Waals surface area contributed by atoms with Crippen LogP contribution in [-0.2, 0) is 71.2 Å². The molecule has 0 unspecified atom stereocenters. The summed E-state index contributed by atoms with van der Waals surface area (Å²) in [7, 11) is 0. The highest BCUT2D eigenvalue weighted by atomic mass is 16.6. The molecule has 280 valence electrons. The minimum atomic E-state index is -1.00. The lowest BCUT2D eigenvalue weighted by molar-refractivity contribution is -0.143. The first-order chi connectivity index (χ1) is 23.6. The van der Waals surface area contributed by atoms with Crippen molar-refractivity contribution in [3.8, 4) is 0 Å². The molecule has 0 saturated heterocycles. The summed E-state index contributed by atoms with van der Waals surface area (Å²) >= 11 is 0. The van der Waals surface area contributed by atoms with Crippen LogP contribution in [0.25, 0.3) is 0 Å². The first kappa shape index (κ1) is 43.9. The number of amides is 2. The molecule has 1 aliphatic heterocycles. The van der Waals surface area contributed by atoms with Gasteiger partial charge in [0.15, 0.2) is 0 Å². The van der Waals surface area contributed by atoms with Crippen LogP contribution in [-0.4, -0.2) is 193 Å². The Bertz CT molecular complexity index is 784. The Kier molecular flexibility index (Phi) is 31.8. The molecule has 0 bridgehead atoms. The van der Waals surface area contributed by atoms with Crippen LogP contribution < -0.4 is 0 Å². The molecule has 0 spiro atoms. The normalized spacial score (nSPS) is 13.0. The van der Waals surface area contributed by atoms with E-state index in [0.29, 0.717) is 158 Å². The summed E-state index contributed by atoms with van der Waals surface area (Å²) in [5.74, 6) is -1.55. The third-order valence-electron chi connectivity index (χ3n) is 5.89. The number of nitrogens with zero attached hydrogens (tertiary/aromatic N) is 1. The number of ether oxygens (including phenoxy) is 12. The van der Waals surface area contributed by atoms with Gasteiger partial charge in [-0.05, 0) is 6.42 Å². The van der Waals surface area contributed by atoms with Crippen molar-refractivity contribution in [3.63, 3.8) is 0 Å². The summed E-state index contributed by atoms with van der Waals surface area (Å²) in [6.45, 7) is 10.3. The van der Waals surface area contributed by atoms with E-state index in [-0.39, 0.29) is 25.0 Å². The fraction of sp³-hybridized carbons (Fsp3) is 0.839. The molecule has 2 amide bonds. The van der Waals surface area contributed by atoms with E-state index in [4.69, 9.17) is 61.9 Å². The summed E-state index contributed by atoms with van der Waals surface area (Å²) < 4.78 is 64.4. The average Bonchev–Trinajstić information content (AvgIpc) is 3.40. The molecule has 17 heteroatoms. The van der Waals surface area contributed by atoms with E-state index >= 15 is 0 Å². The van der Waals surface area contributed by atoms with E-state index in [9.17, 15) is 14.4 Å². The van der Waals surface area contributed by atoms with E-state index in [2.05, 4.69) is 0 Å². The molecule has 0 fully saturated rings. The van der Waals surface area contributed by atoms with Crippen molar-refractivity contribution in [3.05, 3.63) is 12.2 Å². The Labute approximate surface area is 282 Å². The highest BCUT2D eigenvalue weighted by Gasteiger charge is 2.22. The maximum absolute atomic E-state index is 11.4. The number of hydrogen-bond acceptors (Lipinski definition) is 15. The Hall–Kier alpha value is -2.13. The third kappa shape index (κ3) is 30.0. The maximum Gasteiger partial charge on any atom is 0.329 e. The van der Waals surface area contributed by atoms with Crippen LogP contribution in [0.1, 0.15) is 6.42 Å². The highest BCUT2D eigenvalue weighted by Crippen LogP contribution is 2.04. The second-order valence-corrected chi connectivity index (χ2v) is 9.70. The standard InChI is InChI=1S/C31H55NO16/c33-29-2-3-30(34)32(29)4-1-5-37-6-7-38-8-9-39-10-11-40-12-13-41-14-15-42-16-17-43-18-19-44-20-21-45-22-23-46-24-25-47-26-27-48-28-31(35)36/h2-3H,1,4-28H2,(H,35,36). The predicted octanol–water partition coefficient (Wildman–Crippen LogP) is -0.415. The van der Waals surface area contributed by atoms with Gasteiger partial charge in [-0.1, -0.05) is 0 Å². The molecular weight excluding hydrogens is 642 g/mol. The number of aliphatic carboxylic acids is 1. The van der Waals surface area contributed by atoms with Crippen LogP contribution in [0.2, 0.25) is 0 Å². The van der Waals surface area contributed by atoms with Gasteiger partial charge in [-0.15, -0.1) is 0 Å². The minimum absolute atomic E-state index is 0.235. The first-order valence-corrected chi connectivity index (χ1v) is 16.3. The number of carbonyl (C=O) groups is 3. The van der Waals surface area contributed by atoms with Crippen molar-refractivity contribution >= 4 is 17.8 Å². The smallest absolute Gasteiger partial charge is 0.329 e. The van der Waals surface area contributed by atoms with Gasteiger partial charge in [0.25, 0.3) is 11.8 Å². The fourth-order valence-electron chi connectivity index (χ4n) is 3.55. The summed E-state index contributed by atoms with van der Waals surface area (Å²) in [6, 6.07) is 0. The second kappa shape index (κ2) is 34.7. The predicted molar refractivity (Wildman–Crippen MR) is 168 cm³/mol. The molecule has 0 aromatic carbocycles. The monoisotopic (exact) mass is 697 g/mol. The summed E-state index contributed by atoms with van der Waals surface area (Å²) in [6.07, 6.45) is 3.14. The third-order valence-corrected chi connectivity index (χ3v) is 5.89. The number of rotatable bonds is 39. The number of carboxylic acids is 1. The van der Waals surface area contributed by atoms with Gasteiger partial charge in [-0.2, -0.15) is 0 Å². The maximum atomic E-state index is 11.4. The zero-order valence-electron chi connectivity index (χ0n) is 28.1. The first-order valence-electron chi connectivity index (χ1n) is 16.3. The van der Waals surface area contributed by atoms with Gasteiger partial charge in [0.2, 0.25) is 0 Å². The summed E-state index contributed by atoms with van der Waals surface area (Å²) in [5, 5.41) is 8.42. The quantitative estimate of drug-likeness (QED) is 0.0645. The van der Waals surface area contributed by atoms with Crippen LogP contribution in [0.15, 0.2) is 12.2 Å². The van der Waals surface area contributed by atoms with Crippen LogP contribution in [0.5, 0.6) is 0 Å². The lowest BCUT2D eigenvalue weighted by Crippen LogP contribution is -2.31. The van der Waals surface area contributed by atoms with Crippen LogP contribution in [0.3, 0.4) is 0 Å². The van der Waals surface area contributed by atoms with Crippen LogP contribution in [0, 0.1) is 0 Å². The lowest BCUT2D eigenvalue weighted by atomic mass is 10.4. The molecule has 0 saturated carbocycles. The topological polar surface area (TPSA) is 185 Å². The van der Waals surface area contributed by atoms with E-state index in [1.165, 1.54) is 17.1 Å². The molecule has 17 nitrogen and oxygen atoms in total. The van der Waals surface area contributed by atoms with Crippen molar-refractivity contribution in [2.75, 3.05) is 165 Å². The zero-order valence-corrected chi connectivity index (χ0v) is 28.1. The van der Waals surface area contributed by atoms with Gasteiger partial charge < -0.3 is 61.9 Å². The molecule has 0 aromatic heterocycles. The largest absolute Gasteiger partial charge is 0.480 e. The minimum Gasteiger partial charge on any atom is -0.480 e. The highest BCUT2D eigenvalue weighted by molar-refractivity contribution is 6.12. The lowest BCUT2D eigenvalue weighted by Gasteiger charge is -2.13. The molecule has 0 atom stereocenters. The molecule has 0 aromatic rings. The Morgan fingerprint density at radius 3 is 0.896 bits per heavy atom. The van der Waals surface area contributed by atoms with Crippen molar-refractivity contribution in [1.29, 1.82) is 0 Å². The Morgan fingerprint density at radius 1 is 0.417 bits per heavy atom. The molecule has 48 heavy (non-hydrogen) atoms. The van der Waals surface area contributed by atoms with Crippen molar-refractivity contribution in [1.82, 2.24) is 4.90 Å². The Balaban J connectivity index is 1.62. The second-order valence-electron chi connectivity index (χ2n) is 9.70. The number of hydrogen-bond donors (Lipinski definition) is 1. The van der Waals surface area contributed by atoms with E-state index in [1.807, 2.05) is 0 Å². The van der Waals surface area contributed by atoms with Crippen molar-refractivity contribution < 1.29 is 76.3 Å². The van der Waals surface area contributed by atoms with Gasteiger partial charge in [0.1, 0.15) is 6.61 Å². The van der Waals surface area contributed by atoms with Crippen LogP contribution in [0.4, 0.5) is 0 Å². The average molecular weight is 698 g/mol. The number of carboxylic acid groups (broad SMARTS) is 1. The summed E-state index contributed by atoms with van der Waals surface area (Å²) in [4.78, 5) is 34.3. The van der Waals surface area contributed by atoms with Crippen molar-refractivity contribution in [2.24, 2.45) is 0 Å². The van der Waals surface area contributed by atoms with Crippen LogP contribution >= 0.6 is 0 Å². The molecule has 1 N–H and O–H groups in total. The molecular formula is C31H55NO16. The van der Waals surface area contributed by atoms with E-state index in [0.717, 1.165) is 0 Å².